The van der Waals surface area contributed by atoms with Gasteiger partial charge in [-0.05, 0) is 23.8 Å². The van der Waals surface area contributed by atoms with Crippen LogP contribution < -0.4 is 9.64 Å². The largest absolute Gasteiger partial charge is 0.497 e. The molecule has 0 spiro atoms. The second-order valence-electron chi connectivity index (χ2n) is 5.17. The van der Waals surface area contributed by atoms with E-state index in [1.54, 1.807) is 18.9 Å². The quantitative estimate of drug-likeness (QED) is 0.719. The predicted octanol–water partition coefficient (Wildman–Crippen LogP) is 4.08. The van der Waals surface area contributed by atoms with E-state index in [1.807, 2.05) is 41.3 Å². The van der Waals surface area contributed by atoms with Gasteiger partial charge in [-0.15, -0.1) is 11.8 Å². The molecule has 0 unspecified atom stereocenters. The molecule has 0 radical (unpaired) electrons. The third-order valence-corrected chi connectivity index (χ3v) is 5.97. The maximum Gasteiger partial charge on any atom is 0.240 e. The van der Waals surface area contributed by atoms with Crippen molar-refractivity contribution in [1.82, 2.24) is 4.98 Å². The van der Waals surface area contributed by atoms with E-state index >= 15 is 0 Å². The Hall–Kier alpha value is -2.05. The third-order valence-electron chi connectivity index (χ3n) is 3.74. The number of ether oxygens (including phenoxy) is 1. The van der Waals surface area contributed by atoms with Gasteiger partial charge < -0.3 is 4.74 Å². The highest BCUT2D eigenvalue weighted by atomic mass is 32.2. The first-order valence-electron chi connectivity index (χ1n) is 7.19. The van der Waals surface area contributed by atoms with Crippen molar-refractivity contribution in [3.8, 4) is 5.75 Å². The number of rotatable bonds is 3. The average molecular weight is 342 g/mol. The second kappa shape index (κ2) is 5.86. The Bertz CT molecular complexity index is 863. The topological polar surface area (TPSA) is 42.4 Å². The molecule has 0 N–H and O–H groups in total. The molecule has 1 aromatic heterocycles. The highest BCUT2D eigenvalue weighted by molar-refractivity contribution is 8.00. The number of anilines is 1. The average Bonchev–Trinajstić information content (AvgIpc) is 3.17. The molecule has 0 bridgehead atoms. The molecule has 6 heteroatoms. The predicted molar refractivity (Wildman–Crippen MR) is 95.3 cm³/mol. The van der Waals surface area contributed by atoms with Crippen molar-refractivity contribution >= 4 is 44.4 Å². The van der Waals surface area contributed by atoms with Crippen molar-refractivity contribution in [3.05, 3.63) is 54.1 Å². The standard InChI is InChI=1S/C17H14N2O2S2/c1-21-12-7-8-13-14(9-12)23-17(18-13)19-15(20)10-22-16(19)11-5-3-2-4-6-11/h2-9,16H,10H2,1H3/t16-/m1/s1. The minimum atomic E-state index is -0.00819. The molecule has 2 aromatic carbocycles. The van der Waals surface area contributed by atoms with Crippen molar-refractivity contribution in [2.45, 2.75) is 5.37 Å². The summed E-state index contributed by atoms with van der Waals surface area (Å²) in [6, 6.07) is 15.9. The number of carbonyl (C=O) groups is 1. The lowest BCUT2D eigenvalue weighted by Crippen LogP contribution is -2.27. The summed E-state index contributed by atoms with van der Waals surface area (Å²) in [5.41, 5.74) is 2.02. The van der Waals surface area contributed by atoms with E-state index in [4.69, 9.17) is 4.74 Å². The SMILES string of the molecule is COc1ccc2nc(N3C(=O)CS[C@@H]3c3ccccc3)sc2c1. The Labute approximate surface area is 142 Å². The fourth-order valence-corrected chi connectivity index (χ4v) is 4.88. The number of amides is 1. The zero-order valence-corrected chi connectivity index (χ0v) is 14.1. The van der Waals surface area contributed by atoms with Gasteiger partial charge in [-0.25, -0.2) is 4.98 Å². The molecular formula is C17H14N2O2S2. The van der Waals surface area contributed by atoms with Crippen LogP contribution in [0.5, 0.6) is 5.75 Å². The van der Waals surface area contributed by atoms with Crippen LogP contribution in [0.1, 0.15) is 10.9 Å². The number of fused-ring (bicyclic) bond motifs is 1. The zero-order valence-electron chi connectivity index (χ0n) is 12.4. The van der Waals surface area contributed by atoms with Crippen LogP contribution in [-0.4, -0.2) is 23.8 Å². The van der Waals surface area contributed by atoms with Crippen LogP contribution >= 0.6 is 23.1 Å². The van der Waals surface area contributed by atoms with Crippen LogP contribution in [0, 0.1) is 0 Å². The molecule has 1 saturated heterocycles. The van der Waals surface area contributed by atoms with E-state index in [0.29, 0.717) is 5.75 Å². The summed E-state index contributed by atoms with van der Waals surface area (Å²) in [4.78, 5) is 18.9. The van der Waals surface area contributed by atoms with E-state index in [0.717, 1.165) is 26.7 Å². The molecule has 1 atom stereocenters. The van der Waals surface area contributed by atoms with Gasteiger partial charge in [0.1, 0.15) is 11.1 Å². The van der Waals surface area contributed by atoms with Crippen molar-refractivity contribution in [2.24, 2.45) is 0 Å². The Morgan fingerprint density at radius 2 is 2.04 bits per heavy atom. The first-order valence-corrected chi connectivity index (χ1v) is 9.06. The molecule has 4 nitrogen and oxygen atoms in total. The number of benzene rings is 2. The highest BCUT2D eigenvalue weighted by Gasteiger charge is 2.35. The number of hydrogen-bond acceptors (Lipinski definition) is 5. The Morgan fingerprint density at radius 3 is 2.83 bits per heavy atom. The molecule has 0 saturated carbocycles. The van der Waals surface area contributed by atoms with Crippen LogP contribution in [0.25, 0.3) is 10.2 Å². The number of carbonyl (C=O) groups excluding carboxylic acids is 1. The molecule has 4 rings (SSSR count). The molecule has 23 heavy (non-hydrogen) atoms. The molecule has 1 amide bonds. The number of nitrogens with zero attached hydrogens (tertiary/aromatic N) is 2. The Kier molecular flexibility index (Phi) is 3.71. The molecule has 2 heterocycles. The third kappa shape index (κ3) is 2.58. The first kappa shape index (κ1) is 14.5. The lowest BCUT2D eigenvalue weighted by Gasteiger charge is -2.21. The van der Waals surface area contributed by atoms with Crippen molar-refractivity contribution in [2.75, 3.05) is 17.8 Å². The first-order chi connectivity index (χ1) is 11.3. The Balaban J connectivity index is 1.76. The van der Waals surface area contributed by atoms with Crippen LogP contribution in [0.2, 0.25) is 0 Å². The van der Waals surface area contributed by atoms with Gasteiger partial charge in [-0.3, -0.25) is 9.69 Å². The smallest absolute Gasteiger partial charge is 0.240 e. The van der Waals surface area contributed by atoms with E-state index in [9.17, 15) is 4.79 Å². The number of thiazole rings is 1. The maximum atomic E-state index is 12.4. The van der Waals surface area contributed by atoms with Crippen molar-refractivity contribution < 1.29 is 9.53 Å². The molecule has 1 fully saturated rings. The lowest BCUT2D eigenvalue weighted by atomic mass is 10.2. The monoisotopic (exact) mass is 342 g/mol. The molecule has 116 valence electrons. The fourth-order valence-electron chi connectivity index (χ4n) is 2.62. The van der Waals surface area contributed by atoms with Gasteiger partial charge in [-0.2, -0.15) is 0 Å². The maximum absolute atomic E-state index is 12.4. The molecule has 1 aliphatic rings. The van der Waals surface area contributed by atoms with E-state index in [-0.39, 0.29) is 11.3 Å². The summed E-state index contributed by atoms with van der Waals surface area (Å²) in [6.45, 7) is 0. The van der Waals surface area contributed by atoms with E-state index < -0.39 is 0 Å². The van der Waals surface area contributed by atoms with Gasteiger partial charge >= 0.3 is 0 Å². The normalized spacial score (nSPS) is 17.9. The molecule has 1 aliphatic heterocycles. The molecular weight excluding hydrogens is 328 g/mol. The summed E-state index contributed by atoms with van der Waals surface area (Å²) < 4.78 is 6.29. The van der Waals surface area contributed by atoms with Gasteiger partial charge in [0.15, 0.2) is 5.13 Å². The van der Waals surface area contributed by atoms with Gasteiger partial charge in [-0.1, -0.05) is 41.7 Å². The Morgan fingerprint density at radius 1 is 1.22 bits per heavy atom. The summed E-state index contributed by atoms with van der Waals surface area (Å²) in [5, 5.41) is 0.739. The number of thioether (sulfide) groups is 1. The zero-order chi connectivity index (χ0) is 15.8. The van der Waals surface area contributed by atoms with Crippen molar-refractivity contribution in [3.63, 3.8) is 0 Å². The van der Waals surface area contributed by atoms with Gasteiger partial charge in [0.2, 0.25) is 5.91 Å². The summed E-state index contributed by atoms with van der Waals surface area (Å²) in [5.74, 6) is 1.39. The van der Waals surface area contributed by atoms with E-state index in [2.05, 4.69) is 17.1 Å². The van der Waals surface area contributed by atoms with E-state index in [1.165, 1.54) is 11.3 Å². The van der Waals surface area contributed by atoms with Crippen LogP contribution in [0.4, 0.5) is 5.13 Å². The summed E-state index contributed by atoms with van der Waals surface area (Å²) in [7, 11) is 1.65. The van der Waals surface area contributed by atoms with Crippen molar-refractivity contribution in [1.29, 1.82) is 0 Å². The number of methoxy groups -OCH3 is 1. The van der Waals surface area contributed by atoms with Crippen LogP contribution in [0.3, 0.4) is 0 Å². The van der Waals surface area contributed by atoms with Gasteiger partial charge in [0.25, 0.3) is 0 Å². The van der Waals surface area contributed by atoms with Crippen LogP contribution in [0.15, 0.2) is 48.5 Å². The van der Waals surface area contributed by atoms with Gasteiger partial charge in [0, 0.05) is 0 Å². The highest BCUT2D eigenvalue weighted by Crippen LogP contribution is 2.44. The minimum absolute atomic E-state index is 0.00819. The molecule has 3 aromatic rings. The number of aromatic nitrogens is 1. The minimum Gasteiger partial charge on any atom is -0.497 e. The van der Waals surface area contributed by atoms with Crippen LogP contribution in [-0.2, 0) is 4.79 Å². The van der Waals surface area contributed by atoms with Gasteiger partial charge in [0.05, 0.1) is 23.1 Å². The fraction of sp³-hybridized carbons (Fsp3) is 0.176. The summed E-state index contributed by atoms with van der Waals surface area (Å²) in [6.07, 6.45) is 0. The lowest BCUT2D eigenvalue weighted by molar-refractivity contribution is -0.115. The molecule has 0 aliphatic carbocycles. The summed E-state index contributed by atoms with van der Waals surface area (Å²) >= 11 is 3.17. The number of hydrogen-bond donors (Lipinski definition) is 0. The second-order valence-corrected chi connectivity index (χ2v) is 7.25.